The number of fused-ring (bicyclic) bond motifs is 5. The molecule has 10 rings (SSSR count). The van der Waals surface area contributed by atoms with Crippen LogP contribution in [0.5, 0.6) is 0 Å². The smallest absolute Gasteiger partial charge is 0.164 e. The van der Waals surface area contributed by atoms with E-state index in [2.05, 4.69) is 20.8 Å². The van der Waals surface area contributed by atoms with Crippen LogP contribution in [0, 0.1) is 0 Å². The van der Waals surface area contributed by atoms with Crippen LogP contribution in [0.1, 0.15) is 104 Å². The standard InChI is InChI=1S/C54H83N3O15/c1-25-20-30(35(58)45-40(25)63-50(6,7)68-45)55(16-18-56(31-21-26(2)41-46(36(31)59)69-51(8,9)64-41)32-22-27(3)42-47(37(32)60)70-52(10,11)65-42)17-19-57(33-23-28(4)43-48(38(33)61)71-53(12,13)66-43)34-24-29(5)44-49(39(34)62)72-54(14,15)67-44/h20-24,30-49,58-62H,16-19H2,1-15H3/t30-,31-,32-,33-,34-,35+,36+,37+,38+,39+,40+,41+,42+,43+,44+,45-,46-,47-,48-,49-/m0/s1. The number of rotatable bonds is 11. The van der Waals surface area contributed by atoms with Gasteiger partial charge < -0.3 is 72.9 Å². The van der Waals surface area contributed by atoms with Gasteiger partial charge in [0.25, 0.3) is 0 Å². The van der Waals surface area contributed by atoms with E-state index in [1.165, 1.54) is 0 Å². The quantitative estimate of drug-likeness (QED) is 0.189. The van der Waals surface area contributed by atoms with Gasteiger partial charge in [0.15, 0.2) is 28.9 Å². The maximum absolute atomic E-state index is 12.6. The van der Waals surface area contributed by atoms with E-state index in [0.29, 0.717) is 13.1 Å². The van der Waals surface area contributed by atoms with Gasteiger partial charge in [-0.25, -0.2) is 0 Å². The van der Waals surface area contributed by atoms with E-state index in [4.69, 9.17) is 47.4 Å². The highest BCUT2D eigenvalue weighted by Crippen LogP contribution is 2.46. The minimum Gasteiger partial charge on any atom is -0.388 e. The fraction of sp³-hybridized carbons (Fsp3) is 0.815. The molecule has 0 spiro atoms. The number of aliphatic hydroxyl groups is 5. The summed E-state index contributed by atoms with van der Waals surface area (Å²) in [6.07, 6.45) is -0.701. The van der Waals surface area contributed by atoms with Crippen LogP contribution in [-0.2, 0) is 47.4 Å². The third-order valence-corrected chi connectivity index (χ3v) is 16.7. The number of hydrogen-bond donors (Lipinski definition) is 5. The maximum atomic E-state index is 12.6. The zero-order chi connectivity index (χ0) is 52.1. The first-order chi connectivity index (χ1) is 33.4. The Morgan fingerprint density at radius 1 is 0.319 bits per heavy atom. The molecule has 0 saturated carbocycles. The van der Waals surface area contributed by atoms with Crippen molar-refractivity contribution in [3.8, 4) is 0 Å². The largest absolute Gasteiger partial charge is 0.388 e. The van der Waals surface area contributed by atoms with Crippen LogP contribution in [0.4, 0.5) is 0 Å². The summed E-state index contributed by atoms with van der Waals surface area (Å²) in [7, 11) is 0. The van der Waals surface area contributed by atoms with Crippen LogP contribution < -0.4 is 0 Å². The molecular formula is C54H83N3O15. The Bertz CT molecular complexity index is 2000. The van der Waals surface area contributed by atoms with Crippen molar-refractivity contribution in [1.82, 2.24) is 14.7 Å². The summed E-state index contributed by atoms with van der Waals surface area (Å²) in [6, 6.07) is -3.17. The van der Waals surface area contributed by atoms with E-state index < -0.39 is 151 Å². The van der Waals surface area contributed by atoms with E-state index >= 15 is 0 Å². The van der Waals surface area contributed by atoms with Crippen LogP contribution in [0.3, 0.4) is 0 Å². The summed E-state index contributed by atoms with van der Waals surface area (Å²) in [6.45, 7) is 29.6. The monoisotopic (exact) mass is 1010 g/mol. The average Bonchev–Trinajstić information content (AvgIpc) is 4.08. The molecule has 0 aromatic heterocycles. The van der Waals surface area contributed by atoms with Gasteiger partial charge in [-0.15, -0.1) is 0 Å². The van der Waals surface area contributed by atoms with Crippen molar-refractivity contribution < 1.29 is 72.9 Å². The average molecular weight is 1010 g/mol. The minimum atomic E-state index is -1.05. The van der Waals surface area contributed by atoms with Crippen molar-refractivity contribution in [2.24, 2.45) is 0 Å². The van der Waals surface area contributed by atoms with E-state index in [9.17, 15) is 25.5 Å². The molecule has 18 heteroatoms. The molecule has 0 bridgehead atoms. The normalized spacial score (nSPS) is 46.2. The first-order valence-corrected chi connectivity index (χ1v) is 26.3. The molecule has 0 radical (unpaired) electrons. The van der Waals surface area contributed by atoms with Gasteiger partial charge in [0.05, 0.1) is 30.2 Å². The maximum Gasteiger partial charge on any atom is 0.164 e. The zero-order valence-corrected chi connectivity index (χ0v) is 44.9. The van der Waals surface area contributed by atoms with Gasteiger partial charge in [-0.2, -0.15) is 0 Å². The van der Waals surface area contributed by atoms with Gasteiger partial charge in [-0.3, -0.25) is 14.7 Å². The molecule has 20 atom stereocenters. The minimum absolute atomic E-state index is 0.289. The van der Waals surface area contributed by atoms with E-state index in [0.717, 1.165) is 27.9 Å². The van der Waals surface area contributed by atoms with Crippen molar-refractivity contribution in [3.63, 3.8) is 0 Å². The molecule has 5 saturated heterocycles. The predicted octanol–water partition coefficient (Wildman–Crippen LogP) is 2.94. The molecule has 10 aliphatic rings. The summed E-state index contributed by atoms with van der Waals surface area (Å²) in [5, 5.41) is 62.4. The summed E-state index contributed by atoms with van der Waals surface area (Å²) < 4.78 is 63.7. The molecule has 404 valence electrons. The highest BCUT2D eigenvalue weighted by molar-refractivity contribution is 5.30. The lowest BCUT2D eigenvalue weighted by Crippen LogP contribution is -2.64. The summed E-state index contributed by atoms with van der Waals surface area (Å²) in [5.41, 5.74) is 4.55. The van der Waals surface area contributed by atoms with Crippen LogP contribution in [0.25, 0.3) is 0 Å². The number of hydrogen-bond acceptors (Lipinski definition) is 18. The van der Waals surface area contributed by atoms with E-state index in [-0.39, 0.29) is 13.1 Å². The topological polar surface area (TPSA) is 203 Å². The molecule has 5 N–H and O–H groups in total. The lowest BCUT2D eigenvalue weighted by Gasteiger charge is -2.49. The molecule has 5 aliphatic heterocycles. The van der Waals surface area contributed by atoms with Gasteiger partial charge in [-0.05, 0) is 132 Å². The Balaban J connectivity index is 1.03. The first-order valence-electron chi connectivity index (χ1n) is 26.3. The second-order valence-electron chi connectivity index (χ2n) is 24.6. The second kappa shape index (κ2) is 18.6. The highest BCUT2D eigenvalue weighted by atomic mass is 16.8. The summed E-state index contributed by atoms with van der Waals surface area (Å²) in [5.74, 6) is -4.64. The Morgan fingerprint density at radius 3 is 0.736 bits per heavy atom. The molecule has 72 heavy (non-hydrogen) atoms. The summed E-state index contributed by atoms with van der Waals surface area (Å²) in [4.78, 5) is 6.46. The third-order valence-electron chi connectivity index (χ3n) is 16.7. The van der Waals surface area contributed by atoms with Crippen molar-refractivity contribution >= 4 is 0 Å². The Morgan fingerprint density at radius 2 is 0.514 bits per heavy atom. The lowest BCUT2D eigenvalue weighted by atomic mass is 9.83. The molecule has 0 unspecified atom stereocenters. The molecular weight excluding hydrogens is 931 g/mol. The van der Waals surface area contributed by atoms with E-state index in [1.54, 1.807) is 0 Å². The molecule has 18 nitrogen and oxygen atoms in total. The molecule has 0 aromatic carbocycles. The van der Waals surface area contributed by atoms with Crippen molar-refractivity contribution in [2.45, 2.75) is 255 Å². The molecule has 5 fully saturated rings. The van der Waals surface area contributed by atoms with Crippen molar-refractivity contribution in [3.05, 3.63) is 58.2 Å². The highest BCUT2D eigenvalue weighted by Gasteiger charge is 2.58. The van der Waals surface area contributed by atoms with Gasteiger partial charge in [0.1, 0.15) is 91.6 Å². The van der Waals surface area contributed by atoms with Gasteiger partial charge in [0, 0.05) is 26.2 Å². The van der Waals surface area contributed by atoms with Crippen LogP contribution >= 0.6 is 0 Å². The zero-order valence-electron chi connectivity index (χ0n) is 44.9. The van der Waals surface area contributed by atoms with Gasteiger partial charge >= 0.3 is 0 Å². The SMILES string of the molecule is CC1=C[C@H](N(CCN([C@H]2C=C(C)[C@H]3OC(C)(C)O[C@H]3[C@@H]2O)[C@H]2C=C(C)[C@H]3OC(C)(C)O[C@H]3[C@@H]2O)CCN([C@H]2C=C(C)[C@H]3OC(C)(C)O[C@H]3[C@@H]2O)[C@H]2C=C(C)[C@H]3OC(C)(C)O[C@H]3[C@@H]2O)[C@@H](O)[C@@H]2OC(C)(C)O[C@H]12. The molecule has 0 aromatic rings. The Hall–Kier alpha value is -2.02. The van der Waals surface area contributed by atoms with Crippen LogP contribution in [0.2, 0.25) is 0 Å². The van der Waals surface area contributed by atoms with Crippen LogP contribution in [-0.4, -0.2) is 217 Å². The van der Waals surface area contributed by atoms with Crippen molar-refractivity contribution in [1.29, 1.82) is 0 Å². The van der Waals surface area contributed by atoms with Crippen molar-refractivity contribution in [2.75, 3.05) is 26.2 Å². The second-order valence-corrected chi connectivity index (χ2v) is 24.6. The fourth-order valence-electron chi connectivity index (χ4n) is 13.6. The third kappa shape index (κ3) is 9.63. The summed E-state index contributed by atoms with van der Waals surface area (Å²) >= 11 is 0. The van der Waals surface area contributed by atoms with Gasteiger partial charge in [0.2, 0.25) is 0 Å². The molecule has 5 aliphatic carbocycles. The number of nitrogens with zero attached hydrogens (tertiary/aromatic N) is 3. The van der Waals surface area contributed by atoms with Gasteiger partial charge in [-0.1, -0.05) is 30.4 Å². The van der Waals surface area contributed by atoms with Crippen LogP contribution in [0.15, 0.2) is 58.2 Å². The molecule has 5 heterocycles. The number of ether oxygens (including phenoxy) is 10. The Kier molecular flexibility index (Phi) is 13.8. The lowest BCUT2D eigenvalue weighted by molar-refractivity contribution is -0.163. The van der Waals surface area contributed by atoms with E-state index in [1.807, 2.05) is 128 Å². The molecule has 0 amide bonds. The predicted molar refractivity (Wildman–Crippen MR) is 262 cm³/mol. The number of aliphatic hydroxyl groups excluding tert-OH is 5. The first kappa shape index (κ1) is 53.4. The fourth-order valence-corrected chi connectivity index (χ4v) is 13.6. The Labute approximate surface area is 425 Å².